The Bertz CT molecular complexity index is 1360. The first-order chi connectivity index (χ1) is 15.6. The largest absolute Gasteiger partial charge is 0.493 e. The van der Waals surface area contributed by atoms with Gasteiger partial charge in [-0.25, -0.2) is 9.78 Å². The number of ether oxygens (including phenoxy) is 2. The van der Waals surface area contributed by atoms with E-state index < -0.39 is 12.6 Å². The lowest BCUT2D eigenvalue weighted by molar-refractivity contribution is -0.139. The van der Waals surface area contributed by atoms with Gasteiger partial charge in [-0.15, -0.1) is 0 Å². The molecular weight excluding hydrogens is 410 g/mol. The molecule has 160 valence electrons. The number of methoxy groups -OCH3 is 1. The number of aliphatic carboxylic acids is 1. The van der Waals surface area contributed by atoms with Gasteiger partial charge in [-0.1, -0.05) is 48.5 Å². The predicted octanol–water partition coefficient (Wildman–Crippen LogP) is 3.42. The summed E-state index contributed by atoms with van der Waals surface area (Å²) in [5, 5.41) is 13.8. The molecule has 0 aliphatic heterocycles. The fourth-order valence-electron chi connectivity index (χ4n) is 3.21. The molecule has 8 nitrogen and oxygen atoms in total. The molecule has 0 saturated heterocycles. The Kier molecular flexibility index (Phi) is 5.94. The van der Waals surface area contributed by atoms with E-state index in [2.05, 4.69) is 10.1 Å². The van der Waals surface area contributed by atoms with E-state index in [1.54, 1.807) is 36.4 Å². The zero-order valence-electron chi connectivity index (χ0n) is 17.1. The van der Waals surface area contributed by atoms with E-state index in [0.29, 0.717) is 28.0 Å². The van der Waals surface area contributed by atoms with Crippen LogP contribution < -0.4 is 15.0 Å². The van der Waals surface area contributed by atoms with Crippen molar-refractivity contribution in [2.75, 3.05) is 13.7 Å². The topological polar surface area (TPSA) is 103 Å². The number of fused-ring (bicyclic) bond motifs is 1. The monoisotopic (exact) mass is 429 g/mol. The average Bonchev–Trinajstić information content (AvgIpc) is 2.82. The Balaban J connectivity index is 1.87. The zero-order chi connectivity index (χ0) is 22.5. The quantitative estimate of drug-likeness (QED) is 0.452. The highest BCUT2D eigenvalue weighted by molar-refractivity contribution is 5.86. The maximum Gasteiger partial charge on any atom is 0.341 e. The van der Waals surface area contributed by atoms with Crippen LogP contribution >= 0.6 is 0 Å². The standard InChI is InChI=1S/C24H19N3O5/c1-31-20-13-7-10-17(22(20)32-15-21(28)29)14-25-27-23(16-8-3-2-4-9-16)26-19-12-6-5-11-18(19)24(27)30/h2-14H,15H2,1H3,(H,28,29). The van der Waals surface area contributed by atoms with Crippen LogP contribution in [0.5, 0.6) is 11.5 Å². The smallest absolute Gasteiger partial charge is 0.341 e. The number of carboxylic acids is 1. The average molecular weight is 429 g/mol. The maximum absolute atomic E-state index is 13.2. The molecule has 0 aliphatic carbocycles. The summed E-state index contributed by atoms with van der Waals surface area (Å²) < 4.78 is 11.9. The van der Waals surface area contributed by atoms with Crippen molar-refractivity contribution in [2.45, 2.75) is 0 Å². The van der Waals surface area contributed by atoms with E-state index in [1.807, 2.05) is 36.4 Å². The lowest BCUT2D eigenvalue weighted by Gasteiger charge is -2.12. The Hall–Kier alpha value is -4.46. The first-order valence-electron chi connectivity index (χ1n) is 9.71. The number of carbonyl (C=O) groups is 1. The molecule has 1 aromatic heterocycles. The molecule has 1 heterocycles. The molecule has 0 radical (unpaired) electrons. The molecule has 0 bridgehead atoms. The number of para-hydroxylation sites is 2. The number of hydrogen-bond acceptors (Lipinski definition) is 6. The Labute approximate surface area is 183 Å². The lowest BCUT2D eigenvalue weighted by atomic mass is 10.2. The van der Waals surface area contributed by atoms with Crippen molar-refractivity contribution < 1.29 is 19.4 Å². The summed E-state index contributed by atoms with van der Waals surface area (Å²) in [6.07, 6.45) is 1.42. The summed E-state index contributed by atoms with van der Waals surface area (Å²) in [6.45, 7) is -0.548. The van der Waals surface area contributed by atoms with E-state index in [9.17, 15) is 9.59 Å². The zero-order valence-corrected chi connectivity index (χ0v) is 17.1. The number of nitrogens with zero attached hydrogens (tertiary/aromatic N) is 3. The van der Waals surface area contributed by atoms with E-state index in [1.165, 1.54) is 18.0 Å². The van der Waals surface area contributed by atoms with Crippen molar-refractivity contribution in [1.82, 2.24) is 9.66 Å². The molecule has 8 heteroatoms. The van der Waals surface area contributed by atoms with Crippen molar-refractivity contribution in [3.8, 4) is 22.9 Å². The van der Waals surface area contributed by atoms with Gasteiger partial charge < -0.3 is 14.6 Å². The molecule has 1 N–H and O–H groups in total. The SMILES string of the molecule is COc1cccc(C=Nn2c(-c3ccccc3)nc3ccccc3c2=O)c1OCC(=O)O. The second-order valence-electron chi connectivity index (χ2n) is 6.74. The maximum atomic E-state index is 13.2. The fraction of sp³-hybridized carbons (Fsp3) is 0.0833. The van der Waals surface area contributed by atoms with Crippen LogP contribution in [0.4, 0.5) is 0 Å². The normalized spacial score (nSPS) is 11.0. The summed E-state index contributed by atoms with van der Waals surface area (Å²) in [5.74, 6) is -0.187. The summed E-state index contributed by atoms with van der Waals surface area (Å²) in [4.78, 5) is 28.9. The summed E-state index contributed by atoms with van der Waals surface area (Å²) in [6, 6.07) is 21.4. The van der Waals surface area contributed by atoms with Crippen molar-refractivity contribution in [3.05, 3.63) is 88.7 Å². The Morgan fingerprint density at radius 1 is 1.06 bits per heavy atom. The highest BCUT2D eigenvalue weighted by Crippen LogP contribution is 2.30. The van der Waals surface area contributed by atoms with Crippen molar-refractivity contribution in [3.63, 3.8) is 0 Å². The highest BCUT2D eigenvalue weighted by Gasteiger charge is 2.14. The lowest BCUT2D eigenvalue weighted by Crippen LogP contribution is -2.20. The van der Waals surface area contributed by atoms with Gasteiger partial charge in [0.15, 0.2) is 23.9 Å². The van der Waals surface area contributed by atoms with Crippen LogP contribution in [-0.4, -0.2) is 40.7 Å². The molecule has 0 amide bonds. The molecule has 3 aromatic carbocycles. The minimum absolute atomic E-state index is 0.212. The highest BCUT2D eigenvalue weighted by atomic mass is 16.5. The van der Waals surface area contributed by atoms with Gasteiger partial charge in [0.05, 0.1) is 24.2 Å². The molecule has 0 saturated carbocycles. The van der Waals surface area contributed by atoms with Crippen LogP contribution in [0.1, 0.15) is 5.56 Å². The van der Waals surface area contributed by atoms with E-state index >= 15 is 0 Å². The van der Waals surface area contributed by atoms with Gasteiger partial charge in [-0.2, -0.15) is 9.78 Å². The Morgan fingerprint density at radius 2 is 1.81 bits per heavy atom. The third-order valence-corrected chi connectivity index (χ3v) is 4.67. The van der Waals surface area contributed by atoms with Crippen molar-refractivity contribution >= 4 is 23.1 Å². The van der Waals surface area contributed by atoms with Crippen LogP contribution in [0.25, 0.3) is 22.3 Å². The Morgan fingerprint density at radius 3 is 2.56 bits per heavy atom. The molecule has 4 rings (SSSR count). The number of hydrogen-bond donors (Lipinski definition) is 1. The summed E-state index contributed by atoms with van der Waals surface area (Å²) in [7, 11) is 1.45. The van der Waals surface area contributed by atoms with Gasteiger partial charge in [0.1, 0.15) is 0 Å². The third kappa shape index (κ3) is 4.20. The van der Waals surface area contributed by atoms with Gasteiger partial charge >= 0.3 is 5.97 Å². The van der Waals surface area contributed by atoms with Crippen molar-refractivity contribution in [2.24, 2.45) is 5.10 Å². The second-order valence-corrected chi connectivity index (χ2v) is 6.74. The minimum atomic E-state index is -1.12. The van der Waals surface area contributed by atoms with Crippen molar-refractivity contribution in [1.29, 1.82) is 0 Å². The van der Waals surface area contributed by atoms with Gasteiger partial charge in [-0.05, 0) is 24.3 Å². The van der Waals surface area contributed by atoms with E-state index in [0.717, 1.165) is 5.56 Å². The van der Waals surface area contributed by atoms with Crippen LogP contribution in [0.2, 0.25) is 0 Å². The predicted molar refractivity (Wildman–Crippen MR) is 121 cm³/mol. The minimum Gasteiger partial charge on any atom is -0.493 e. The van der Waals surface area contributed by atoms with E-state index in [4.69, 9.17) is 14.6 Å². The number of benzene rings is 3. The van der Waals surface area contributed by atoms with Gasteiger partial charge in [-0.3, -0.25) is 4.79 Å². The summed E-state index contributed by atoms with van der Waals surface area (Å²) in [5.41, 5.74) is 1.40. The molecule has 0 spiro atoms. The summed E-state index contributed by atoms with van der Waals surface area (Å²) >= 11 is 0. The first kappa shape index (κ1) is 20.8. The molecular formula is C24H19N3O5. The third-order valence-electron chi connectivity index (χ3n) is 4.67. The van der Waals surface area contributed by atoms with Gasteiger partial charge in [0, 0.05) is 11.1 Å². The number of aromatic nitrogens is 2. The second kappa shape index (κ2) is 9.13. The molecule has 4 aromatic rings. The molecule has 32 heavy (non-hydrogen) atoms. The molecule has 0 fully saturated rings. The molecule has 0 atom stereocenters. The van der Waals surface area contributed by atoms with E-state index in [-0.39, 0.29) is 11.3 Å². The number of rotatable bonds is 7. The van der Waals surface area contributed by atoms with Crippen LogP contribution in [0, 0.1) is 0 Å². The van der Waals surface area contributed by atoms with Crippen LogP contribution in [-0.2, 0) is 4.79 Å². The van der Waals surface area contributed by atoms with Crippen LogP contribution in [0.3, 0.4) is 0 Å². The van der Waals surface area contributed by atoms with Gasteiger partial charge in [0.2, 0.25) is 0 Å². The van der Waals surface area contributed by atoms with Gasteiger partial charge in [0.25, 0.3) is 5.56 Å². The molecule has 0 unspecified atom stereocenters. The number of carboxylic acid groups (broad SMARTS) is 1. The molecule has 0 aliphatic rings. The fourth-order valence-corrected chi connectivity index (χ4v) is 3.21. The van der Waals surface area contributed by atoms with Crippen LogP contribution in [0.15, 0.2) is 82.7 Å². The first-order valence-corrected chi connectivity index (χ1v) is 9.71.